The lowest BCUT2D eigenvalue weighted by Gasteiger charge is -2.35. The van der Waals surface area contributed by atoms with Crippen molar-refractivity contribution in [2.24, 2.45) is 0 Å². The van der Waals surface area contributed by atoms with Crippen molar-refractivity contribution in [3.05, 3.63) is 144 Å². The lowest BCUT2D eigenvalue weighted by atomic mass is 9.77. The topological polar surface area (TPSA) is 49.6 Å². The zero-order valence-electron chi connectivity index (χ0n) is 24.4. The van der Waals surface area contributed by atoms with Crippen molar-refractivity contribution in [1.82, 2.24) is 9.97 Å². The highest BCUT2D eigenvalue weighted by atomic mass is 32.2. The van der Waals surface area contributed by atoms with Crippen LogP contribution in [0.4, 0.5) is 0 Å². The quantitative estimate of drug-likeness (QED) is 0.195. The molecule has 4 heteroatoms. The van der Waals surface area contributed by atoms with Gasteiger partial charge in [-0.3, -0.25) is 0 Å². The van der Waals surface area contributed by atoms with E-state index in [0.29, 0.717) is 5.82 Å². The molecule has 1 aromatic heterocycles. The zero-order valence-corrected chi connectivity index (χ0v) is 25.2. The molecule has 208 valence electrons. The highest BCUT2D eigenvalue weighted by Gasteiger charge is 2.34. The van der Waals surface area contributed by atoms with Gasteiger partial charge in [-0.15, -0.1) is 0 Å². The number of nitrogens with zero attached hydrogens (tertiary/aromatic N) is 3. The molecule has 0 aliphatic carbocycles. The van der Waals surface area contributed by atoms with E-state index in [2.05, 4.69) is 117 Å². The fourth-order valence-electron chi connectivity index (χ4n) is 6.40. The number of rotatable bonds is 3. The molecule has 0 N–H and O–H groups in total. The minimum Gasteiger partial charge on any atom is -0.228 e. The standard InChI is InChI=1S/C40H27N3S/c1-40(2)33-20-18-29(22-37(33)44-38-30(24-41)12-8-14-34(38)40)36-23-35(42-39(43-36)26-10-4-3-5-11-26)28-17-19-32-27(21-28)16-15-25-9-6-7-13-31(25)32/h3-23H,1-2H3. The first kappa shape index (κ1) is 26.4. The lowest BCUT2D eigenvalue weighted by molar-refractivity contribution is 0.607. The first-order chi connectivity index (χ1) is 21.5. The Bertz CT molecular complexity index is 2300. The normalized spacial score (nSPS) is 13.3. The van der Waals surface area contributed by atoms with Gasteiger partial charge in [-0.05, 0) is 56.9 Å². The van der Waals surface area contributed by atoms with Gasteiger partial charge in [0.15, 0.2) is 5.82 Å². The Kier molecular flexibility index (Phi) is 6.11. The molecule has 2 heterocycles. The third-order valence-corrected chi connectivity index (χ3v) is 9.97. The van der Waals surface area contributed by atoms with Crippen LogP contribution in [0.15, 0.2) is 137 Å². The predicted molar refractivity (Wildman–Crippen MR) is 181 cm³/mol. The van der Waals surface area contributed by atoms with Gasteiger partial charge in [0.25, 0.3) is 0 Å². The van der Waals surface area contributed by atoms with E-state index in [0.717, 1.165) is 43.4 Å². The molecular weight excluding hydrogens is 555 g/mol. The molecule has 0 atom stereocenters. The van der Waals surface area contributed by atoms with Crippen molar-refractivity contribution in [2.75, 3.05) is 0 Å². The molecule has 0 saturated carbocycles. The lowest BCUT2D eigenvalue weighted by Crippen LogP contribution is -2.24. The van der Waals surface area contributed by atoms with Gasteiger partial charge in [0, 0.05) is 31.9 Å². The smallest absolute Gasteiger partial charge is 0.160 e. The molecule has 8 rings (SSSR count). The maximum absolute atomic E-state index is 9.86. The number of aromatic nitrogens is 2. The summed E-state index contributed by atoms with van der Waals surface area (Å²) in [4.78, 5) is 12.4. The molecule has 1 aliphatic heterocycles. The molecule has 0 radical (unpaired) electrons. The molecule has 6 aromatic carbocycles. The summed E-state index contributed by atoms with van der Waals surface area (Å²) in [5, 5.41) is 14.8. The van der Waals surface area contributed by atoms with E-state index in [1.54, 1.807) is 11.8 Å². The van der Waals surface area contributed by atoms with Crippen LogP contribution in [-0.4, -0.2) is 9.97 Å². The van der Waals surface area contributed by atoms with E-state index in [1.807, 2.05) is 30.3 Å². The molecule has 0 bridgehead atoms. The molecule has 0 spiro atoms. The third kappa shape index (κ3) is 4.28. The van der Waals surface area contributed by atoms with E-state index >= 15 is 0 Å². The van der Waals surface area contributed by atoms with Crippen molar-refractivity contribution in [2.45, 2.75) is 29.1 Å². The van der Waals surface area contributed by atoms with Crippen molar-refractivity contribution in [3.8, 4) is 40.0 Å². The predicted octanol–water partition coefficient (Wildman–Crippen LogP) is 10.4. The second kappa shape index (κ2) is 10.2. The fraction of sp³-hybridized carbons (Fsp3) is 0.0750. The molecule has 0 fully saturated rings. The molecule has 0 amide bonds. The van der Waals surface area contributed by atoms with Crippen molar-refractivity contribution >= 4 is 33.3 Å². The number of hydrogen-bond donors (Lipinski definition) is 0. The fourth-order valence-corrected chi connectivity index (χ4v) is 7.89. The van der Waals surface area contributed by atoms with Crippen LogP contribution in [0.25, 0.3) is 55.4 Å². The second-order valence-electron chi connectivity index (χ2n) is 11.8. The minimum atomic E-state index is -0.220. The van der Waals surface area contributed by atoms with Crippen LogP contribution in [0.5, 0.6) is 0 Å². The van der Waals surface area contributed by atoms with Crippen LogP contribution in [0.1, 0.15) is 30.5 Å². The molecule has 7 aromatic rings. The van der Waals surface area contributed by atoms with Crippen LogP contribution in [0, 0.1) is 11.3 Å². The van der Waals surface area contributed by atoms with Gasteiger partial charge in [-0.1, -0.05) is 129 Å². The summed E-state index contributed by atoms with van der Waals surface area (Å²) in [6.07, 6.45) is 0. The third-order valence-electron chi connectivity index (χ3n) is 8.77. The van der Waals surface area contributed by atoms with Crippen LogP contribution in [0.2, 0.25) is 0 Å². The molecule has 1 aliphatic rings. The maximum atomic E-state index is 9.86. The zero-order chi connectivity index (χ0) is 29.8. The largest absolute Gasteiger partial charge is 0.228 e. The Morgan fingerprint density at radius 3 is 2.11 bits per heavy atom. The Morgan fingerprint density at radius 2 is 1.30 bits per heavy atom. The van der Waals surface area contributed by atoms with Gasteiger partial charge in [0.2, 0.25) is 0 Å². The van der Waals surface area contributed by atoms with Crippen molar-refractivity contribution < 1.29 is 0 Å². The summed E-state index contributed by atoms with van der Waals surface area (Å²) in [7, 11) is 0. The molecule has 3 nitrogen and oxygen atoms in total. The van der Waals surface area contributed by atoms with E-state index < -0.39 is 0 Å². The molecule has 44 heavy (non-hydrogen) atoms. The van der Waals surface area contributed by atoms with Gasteiger partial charge in [0.05, 0.1) is 17.0 Å². The summed E-state index contributed by atoms with van der Waals surface area (Å²) >= 11 is 1.68. The van der Waals surface area contributed by atoms with Crippen LogP contribution < -0.4 is 0 Å². The van der Waals surface area contributed by atoms with Crippen LogP contribution in [0.3, 0.4) is 0 Å². The Balaban J connectivity index is 1.29. The Morgan fingerprint density at radius 1 is 0.591 bits per heavy atom. The summed E-state index contributed by atoms with van der Waals surface area (Å²) in [5.74, 6) is 0.694. The maximum Gasteiger partial charge on any atom is 0.160 e. The monoisotopic (exact) mass is 581 g/mol. The Hall–Kier alpha value is -5.24. The summed E-state index contributed by atoms with van der Waals surface area (Å²) in [6.45, 7) is 4.48. The second-order valence-corrected chi connectivity index (χ2v) is 12.8. The van der Waals surface area contributed by atoms with E-state index in [4.69, 9.17) is 9.97 Å². The number of hydrogen-bond acceptors (Lipinski definition) is 4. The minimum absolute atomic E-state index is 0.220. The van der Waals surface area contributed by atoms with Gasteiger partial charge in [0.1, 0.15) is 6.07 Å². The number of benzene rings is 6. The average molecular weight is 582 g/mol. The Labute approximate surface area is 260 Å². The van der Waals surface area contributed by atoms with E-state index in [9.17, 15) is 5.26 Å². The van der Waals surface area contributed by atoms with E-state index in [1.165, 1.54) is 32.7 Å². The van der Waals surface area contributed by atoms with Crippen LogP contribution >= 0.6 is 11.8 Å². The van der Waals surface area contributed by atoms with Crippen molar-refractivity contribution in [1.29, 1.82) is 5.26 Å². The number of nitriles is 1. The molecular formula is C40H27N3S. The highest BCUT2D eigenvalue weighted by molar-refractivity contribution is 7.99. The number of fused-ring (bicyclic) bond motifs is 5. The first-order valence-corrected chi connectivity index (χ1v) is 15.5. The van der Waals surface area contributed by atoms with Gasteiger partial charge < -0.3 is 0 Å². The highest BCUT2D eigenvalue weighted by Crippen LogP contribution is 2.51. The summed E-state index contributed by atoms with van der Waals surface area (Å²) in [5.41, 5.74) is 7.75. The van der Waals surface area contributed by atoms with Gasteiger partial charge >= 0.3 is 0 Å². The summed E-state index contributed by atoms with van der Waals surface area (Å²) in [6, 6.07) is 46.8. The van der Waals surface area contributed by atoms with Crippen molar-refractivity contribution in [3.63, 3.8) is 0 Å². The molecule has 0 unspecified atom stereocenters. The van der Waals surface area contributed by atoms with Gasteiger partial charge in [-0.25, -0.2) is 9.97 Å². The molecule has 0 saturated heterocycles. The summed E-state index contributed by atoms with van der Waals surface area (Å²) < 4.78 is 0. The van der Waals surface area contributed by atoms with E-state index in [-0.39, 0.29) is 5.41 Å². The SMILES string of the molecule is CC1(C)c2ccc(-c3cc(-c4ccc5c(ccc6ccccc65)c4)nc(-c4ccccc4)n3)cc2Sc2c(C#N)cccc21. The first-order valence-electron chi connectivity index (χ1n) is 14.7. The van der Waals surface area contributed by atoms with Gasteiger partial charge in [-0.2, -0.15) is 5.26 Å². The average Bonchev–Trinajstić information content (AvgIpc) is 3.07. The van der Waals surface area contributed by atoms with Crippen LogP contribution in [-0.2, 0) is 5.41 Å².